The van der Waals surface area contributed by atoms with E-state index in [9.17, 15) is 0 Å². The minimum Gasteiger partial charge on any atom is -0.0624 e. The SMILES string of the molecule is [Sn].c1ccc([Si](c2ccccc2)c2ccccc2)cc1.c1ccc([Si](c2ccccc2)c2ccccc2)cc1.c1ccc([Si](c2ccccc2)c2ccccc2)cc1.c1ccc([Si](c2ccccc2)c2ccccc2)cc1. The standard InChI is InChI=1S/4C18H15Si.Sn/c4*1-4-10-16(11-5-1)19(17-12-6-2-7-13-17)18-14-8-3-9-15-18;/h4*1-15H;. The van der Waals surface area contributed by atoms with Gasteiger partial charge in [-0.1, -0.05) is 426 Å². The summed E-state index contributed by atoms with van der Waals surface area (Å²) in [6.07, 6.45) is 0. The van der Waals surface area contributed by atoms with Gasteiger partial charge in [-0.2, -0.15) is 0 Å². The van der Waals surface area contributed by atoms with E-state index in [1.54, 1.807) is 0 Å². The quantitative estimate of drug-likeness (QED) is 0.0853. The van der Waals surface area contributed by atoms with Crippen molar-refractivity contribution >= 4 is 121 Å². The van der Waals surface area contributed by atoms with Gasteiger partial charge in [0.05, 0.1) is 0 Å². The van der Waals surface area contributed by atoms with E-state index in [0.29, 0.717) is 0 Å². The molecule has 12 aromatic carbocycles. The van der Waals surface area contributed by atoms with Crippen LogP contribution in [0.1, 0.15) is 0 Å². The summed E-state index contributed by atoms with van der Waals surface area (Å²) in [4.78, 5) is 0. The molecule has 0 aliphatic carbocycles. The van der Waals surface area contributed by atoms with Crippen molar-refractivity contribution in [3.63, 3.8) is 0 Å². The molecule has 5 heteroatoms. The van der Waals surface area contributed by atoms with Crippen LogP contribution in [0.15, 0.2) is 364 Å². The molecule has 0 amide bonds. The third kappa shape index (κ3) is 16.2. The molecule has 12 aromatic rings. The maximum atomic E-state index is 2.24. The van der Waals surface area contributed by atoms with Crippen LogP contribution < -0.4 is 62.2 Å². The van der Waals surface area contributed by atoms with Crippen LogP contribution >= 0.6 is 0 Å². The molecule has 368 valence electrons. The maximum Gasteiger partial charge on any atom is 0.154 e. The zero-order valence-corrected chi connectivity index (χ0v) is 50.0. The van der Waals surface area contributed by atoms with Crippen molar-refractivity contribution in [2.45, 2.75) is 0 Å². The van der Waals surface area contributed by atoms with E-state index >= 15 is 0 Å². The Labute approximate surface area is 481 Å². The summed E-state index contributed by atoms with van der Waals surface area (Å²) >= 11 is 0. The second-order valence-electron chi connectivity index (χ2n) is 17.9. The third-order valence-electron chi connectivity index (χ3n) is 12.7. The average Bonchev–Trinajstić information content (AvgIpc) is 3.51. The summed E-state index contributed by atoms with van der Waals surface area (Å²) in [5.41, 5.74) is 0. The van der Waals surface area contributed by atoms with Gasteiger partial charge in [-0.05, 0) is 0 Å². The summed E-state index contributed by atoms with van der Waals surface area (Å²) in [5.74, 6) is 0. The molecule has 0 aliphatic heterocycles. The first-order valence-corrected chi connectivity index (χ1v) is 31.9. The van der Waals surface area contributed by atoms with Gasteiger partial charge < -0.3 is 0 Å². The van der Waals surface area contributed by atoms with Crippen molar-refractivity contribution in [3.05, 3.63) is 364 Å². The van der Waals surface area contributed by atoms with Crippen molar-refractivity contribution < 1.29 is 0 Å². The molecule has 0 bridgehead atoms. The fourth-order valence-corrected chi connectivity index (χ4v) is 19.6. The monoisotopic (exact) mass is 1160 g/mol. The molecule has 8 radical (unpaired) electrons. The number of hydrogen-bond donors (Lipinski definition) is 0. The van der Waals surface area contributed by atoms with Crippen molar-refractivity contribution in [2.75, 3.05) is 0 Å². The van der Waals surface area contributed by atoms with Gasteiger partial charge in [0.1, 0.15) is 0 Å². The van der Waals surface area contributed by atoms with E-state index in [4.69, 9.17) is 0 Å². The van der Waals surface area contributed by atoms with Crippen LogP contribution in [-0.4, -0.2) is 59.1 Å². The normalized spacial score (nSPS) is 10.4. The first kappa shape index (κ1) is 55.5. The van der Waals surface area contributed by atoms with Gasteiger partial charge in [0.2, 0.25) is 0 Å². The molecule has 0 saturated heterocycles. The fourth-order valence-electron chi connectivity index (χ4n) is 9.26. The third-order valence-corrected chi connectivity index (χ3v) is 23.7. The molecule has 0 saturated carbocycles. The molecule has 77 heavy (non-hydrogen) atoms. The van der Waals surface area contributed by atoms with E-state index < -0.39 is 35.2 Å². The van der Waals surface area contributed by atoms with Crippen LogP contribution in [-0.2, 0) is 0 Å². The summed E-state index contributed by atoms with van der Waals surface area (Å²) in [5, 5.41) is 17.2. The number of benzene rings is 12. The molecule has 0 nitrogen and oxygen atoms in total. The van der Waals surface area contributed by atoms with Crippen molar-refractivity contribution in [2.24, 2.45) is 0 Å². The van der Waals surface area contributed by atoms with Crippen LogP contribution in [0, 0.1) is 0 Å². The van der Waals surface area contributed by atoms with Crippen LogP contribution in [0.25, 0.3) is 0 Å². The molecular formula is C72H60Si4Sn. The molecule has 0 heterocycles. The summed E-state index contributed by atoms with van der Waals surface area (Å²) in [6, 6.07) is 130. The molecule has 0 spiro atoms. The van der Waals surface area contributed by atoms with Gasteiger partial charge in [-0.25, -0.2) is 0 Å². The van der Waals surface area contributed by atoms with E-state index in [1.807, 2.05) is 0 Å². The van der Waals surface area contributed by atoms with Crippen molar-refractivity contribution in [1.82, 2.24) is 0 Å². The first-order chi connectivity index (χ1) is 37.8. The molecule has 12 rings (SSSR count). The number of hydrogen-bond acceptors (Lipinski definition) is 0. The molecular weight excluding hydrogens is 1100 g/mol. The van der Waals surface area contributed by atoms with Gasteiger partial charge in [0, 0.05) is 23.9 Å². The van der Waals surface area contributed by atoms with Crippen molar-refractivity contribution in [1.29, 1.82) is 0 Å². The Morgan fingerprint density at radius 3 is 0.234 bits per heavy atom. The molecule has 0 unspecified atom stereocenters. The van der Waals surface area contributed by atoms with Crippen LogP contribution in [0.2, 0.25) is 0 Å². The average molecular weight is 1160 g/mol. The summed E-state index contributed by atoms with van der Waals surface area (Å²) in [7, 11) is -3.51. The largest absolute Gasteiger partial charge is 0.154 e. The predicted molar refractivity (Wildman–Crippen MR) is 342 cm³/mol. The van der Waals surface area contributed by atoms with Gasteiger partial charge in [0.25, 0.3) is 0 Å². The van der Waals surface area contributed by atoms with E-state index in [0.717, 1.165) is 0 Å². The minimum absolute atomic E-state index is 0. The van der Waals surface area contributed by atoms with Crippen LogP contribution in [0.3, 0.4) is 0 Å². The molecule has 0 aliphatic rings. The Hall–Kier alpha value is -7.69. The topological polar surface area (TPSA) is 0 Å². The Kier molecular flexibility index (Phi) is 22.2. The van der Waals surface area contributed by atoms with Crippen LogP contribution in [0.5, 0.6) is 0 Å². The van der Waals surface area contributed by atoms with Crippen LogP contribution in [0.4, 0.5) is 0 Å². The second-order valence-corrected chi connectivity index (χ2v) is 27.8. The van der Waals surface area contributed by atoms with E-state index in [2.05, 4.69) is 364 Å². The Bertz CT molecular complexity index is 2580. The van der Waals surface area contributed by atoms with E-state index in [1.165, 1.54) is 62.2 Å². The predicted octanol–water partition coefficient (Wildman–Crippen LogP) is 8.43. The second kappa shape index (κ2) is 30.8. The summed E-state index contributed by atoms with van der Waals surface area (Å²) < 4.78 is 0. The molecule has 0 aromatic heterocycles. The minimum atomic E-state index is -0.877. The Morgan fingerprint density at radius 1 is 0.104 bits per heavy atom. The van der Waals surface area contributed by atoms with Gasteiger partial charge in [-0.3, -0.25) is 0 Å². The van der Waals surface area contributed by atoms with Gasteiger partial charge in [0.15, 0.2) is 35.2 Å². The first-order valence-electron chi connectivity index (χ1n) is 25.9. The molecule has 0 fully saturated rings. The zero-order valence-electron chi connectivity index (χ0n) is 43.1. The van der Waals surface area contributed by atoms with Crippen molar-refractivity contribution in [3.8, 4) is 0 Å². The molecule has 0 atom stereocenters. The zero-order chi connectivity index (χ0) is 51.7. The van der Waals surface area contributed by atoms with Gasteiger partial charge in [-0.15, -0.1) is 0 Å². The van der Waals surface area contributed by atoms with Gasteiger partial charge >= 0.3 is 0 Å². The molecule has 0 N–H and O–H groups in total. The maximum absolute atomic E-state index is 2.24. The smallest absolute Gasteiger partial charge is 0.0624 e. The Balaban J connectivity index is 0.000000135. The Morgan fingerprint density at radius 2 is 0.169 bits per heavy atom. The summed E-state index contributed by atoms with van der Waals surface area (Å²) in [6.45, 7) is 0. The number of rotatable bonds is 12. The fraction of sp³-hybridized carbons (Fsp3) is 0. The van der Waals surface area contributed by atoms with E-state index in [-0.39, 0.29) is 23.9 Å².